The van der Waals surface area contributed by atoms with E-state index in [0.29, 0.717) is 130 Å². The highest BCUT2D eigenvalue weighted by molar-refractivity contribution is 7.91. The number of azo groups is 1. The molecule has 0 spiro atoms. The van der Waals surface area contributed by atoms with Crippen molar-refractivity contribution in [3.05, 3.63) is 48.5 Å². The minimum atomic E-state index is -3.43. The summed E-state index contributed by atoms with van der Waals surface area (Å²) in [6.45, 7) is 10.9. The third kappa shape index (κ3) is 22.3. The summed E-state index contributed by atoms with van der Waals surface area (Å²) in [5.41, 5.74) is 2.35. The van der Waals surface area contributed by atoms with Crippen LogP contribution in [0.5, 0.6) is 0 Å². The second-order valence-electron chi connectivity index (χ2n) is 12.0. The maximum atomic E-state index is 12.7. The number of benzene rings is 2. The van der Waals surface area contributed by atoms with Gasteiger partial charge in [0, 0.05) is 38.7 Å². The largest absolute Gasteiger partial charge is 0.379 e. The predicted octanol–water partition coefficient (Wildman–Crippen LogP) is 5.08. The first-order valence-corrected chi connectivity index (χ1v) is 19.5. The minimum absolute atomic E-state index is 0.0116. The van der Waals surface area contributed by atoms with Gasteiger partial charge in [0.1, 0.15) is 5.78 Å². The van der Waals surface area contributed by atoms with Crippen LogP contribution < -0.4 is 4.90 Å². The monoisotopic (exact) mass is 753 g/mol. The minimum Gasteiger partial charge on any atom is -0.379 e. The Kier molecular flexibility index (Phi) is 24.9. The Labute approximate surface area is 310 Å². The molecular weight excluding hydrogens is 694 g/mol. The molecule has 0 saturated heterocycles. The summed E-state index contributed by atoms with van der Waals surface area (Å²) in [6, 6.07) is 14.1. The van der Waals surface area contributed by atoms with Gasteiger partial charge in [0.25, 0.3) is 0 Å². The van der Waals surface area contributed by atoms with Gasteiger partial charge < -0.3 is 42.8 Å². The molecule has 0 N–H and O–H groups in total. The lowest BCUT2D eigenvalue weighted by atomic mass is 10.1. The molecule has 0 bridgehead atoms. The summed E-state index contributed by atoms with van der Waals surface area (Å²) in [7, 11) is 0.509. The number of carbonyl (C=O) groups is 1. The number of ether oxygens (including phenoxy) is 8. The van der Waals surface area contributed by atoms with Crippen molar-refractivity contribution in [1.29, 1.82) is 0 Å². The van der Waals surface area contributed by atoms with Crippen LogP contribution in [-0.2, 0) is 52.5 Å². The van der Waals surface area contributed by atoms with E-state index in [9.17, 15) is 13.2 Å². The summed E-state index contributed by atoms with van der Waals surface area (Å²) in [5, 5.41) is 8.42. The van der Waals surface area contributed by atoms with Crippen LogP contribution >= 0.6 is 0 Å². The number of sulfone groups is 1. The second-order valence-corrected chi connectivity index (χ2v) is 14.2. The lowest BCUT2D eigenvalue weighted by molar-refractivity contribution is -0.123. The van der Waals surface area contributed by atoms with E-state index in [4.69, 9.17) is 37.9 Å². The Balaban J connectivity index is 1.32. The van der Waals surface area contributed by atoms with Gasteiger partial charge in [0.2, 0.25) is 0 Å². The van der Waals surface area contributed by atoms with E-state index in [1.807, 2.05) is 57.1 Å². The van der Waals surface area contributed by atoms with Crippen LogP contribution in [0.25, 0.3) is 0 Å². The zero-order valence-electron chi connectivity index (χ0n) is 31.4. The Morgan fingerprint density at radius 2 is 0.904 bits per heavy atom. The van der Waals surface area contributed by atoms with Gasteiger partial charge in [-0.15, -0.1) is 0 Å². The van der Waals surface area contributed by atoms with Crippen LogP contribution in [0.3, 0.4) is 0 Å². The van der Waals surface area contributed by atoms with Crippen molar-refractivity contribution >= 4 is 32.7 Å². The molecule has 52 heavy (non-hydrogen) atoms. The zero-order valence-corrected chi connectivity index (χ0v) is 32.2. The number of Topliss-reactive ketones (excluding diaryl/α,β-unsaturated/α-hetero) is 1. The number of rotatable bonds is 33. The molecule has 0 saturated carbocycles. The molecule has 0 fully saturated rings. The van der Waals surface area contributed by atoms with Crippen LogP contribution in [0, 0.1) is 5.92 Å². The van der Waals surface area contributed by atoms with Crippen LogP contribution in [0.1, 0.15) is 26.7 Å². The first kappa shape index (κ1) is 45.3. The lowest BCUT2D eigenvalue weighted by Crippen LogP contribution is -2.15. The molecule has 0 amide bonds. The molecule has 0 aromatic heterocycles. The van der Waals surface area contributed by atoms with E-state index >= 15 is 0 Å². The molecule has 2 aromatic rings. The average molecular weight is 754 g/mol. The van der Waals surface area contributed by atoms with Crippen molar-refractivity contribution in [3.63, 3.8) is 0 Å². The van der Waals surface area contributed by atoms with E-state index in [1.54, 1.807) is 24.3 Å². The lowest BCUT2D eigenvalue weighted by Gasteiger charge is -2.11. The van der Waals surface area contributed by atoms with Crippen molar-refractivity contribution in [2.24, 2.45) is 16.1 Å². The maximum absolute atomic E-state index is 12.7. The molecule has 15 heteroatoms. The van der Waals surface area contributed by atoms with E-state index in [1.165, 1.54) is 0 Å². The number of nitrogens with zero attached hydrogens (tertiary/aromatic N) is 3. The first-order chi connectivity index (χ1) is 25.2. The fraction of sp³-hybridized carbons (Fsp3) is 0.649. The van der Waals surface area contributed by atoms with Crippen molar-refractivity contribution in [3.8, 4) is 0 Å². The fourth-order valence-electron chi connectivity index (χ4n) is 4.22. The molecule has 0 aliphatic heterocycles. The van der Waals surface area contributed by atoms with Gasteiger partial charge in [-0.3, -0.25) is 4.79 Å². The predicted molar refractivity (Wildman–Crippen MR) is 199 cm³/mol. The summed E-state index contributed by atoms with van der Waals surface area (Å²) < 4.78 is 69.1. The molecule has 0 atom stereocenters. The van der Waals surface area contributed by atoms with Crippen molar-refractivity contribution in [2.75, 3.05) is 130 Å². The Hall–Kier alpha value is -2.86. The van der Waals surface area contributed by atoms with E-state index in [-0.39, 0.29) is 22.3 Å². The second kappa shape index (κ2) is 28.6. The third-order valence-corrected chi connectivity index (χ3v) is 9.10. The van der Waals surface area contributed by atoms with Crippen molar-refractivity contribution in [2.45, 2.75) is 31.6 Å². The summed E-state index contributed by atoms with van der Waals surface area (Å²) >= 11 is 0. The van der Waals surface area contributed by atoms with E-state index < -0.39 is 9.84 Å². The highest BCUT2D eigenvalue weighted by Crippen LogP contribution is 2.23. The third-order valence-electron chi connectivity index (χ3n) is 7.29. The molecular formula is C37H59N3O11S. The van der Waals surface area contributed by atoms with Crippen LogP contribution in [0.4, 0.5) is 17.1 Å². The molecule has 2 aromatic carbocycles. The number of carbonyl (C=O) groups excluding carboxylic acids is 1. The number of anilines is 1. The Morgan fingerprint density at radius 1 is 0.558 bits per heavy atom. The number of ketones is 1. The Morgan fingerprint density at radius 3 is 1.27 bits per heavy atom. The van der Waals surface area contributed by atoms with Gasteiger partial charge in [-0.1, -0.05) is 13.8 Å². The van der Waals surface area contributed by atoms with Gasteiger partial charge >= 0.3 is 0 Å². The molecule has 0 radical (unpaired) electrons. The van der Waals surface area contributed by atoms with Gasteiger partial charge in [-0.25, -0.2) is 8.42 Å². The van der Waals surface area contributed by atoms with Crippen molar-refractivity contribution in [1.82, 2.24) is 0 Å². The van der Waals surface area contributed by atoms with E-state index in [0.717, 1.165) is 5.69 Å². The zero-order chi connectivity index (χ0) is 37.7. The van der Waals surface area contributed by atoms with Gasteiger partial charge in [-0.05, 0) is 55.0 Å². The molecule has 0 heterocycles. The van der Waals surface area contributed by atoms with Crippen LogP contribution in [0.15, 0.2) is 63.7 Å². The summed E-state index contributed by atoms with van der Waals surface area (Å²) in [6.07, 6.45) is 0.825. The molecule has 294 valence electrons. The summed E-state index contributed by atoms with van der Waals surface area (Å²) in [4.78, 5) is 13.7. The van der Waals surface area contributed by atoms with Gasteiger partial charge in [0.15, 0.2) is 9.84 Å². The molecule has 0 unspecified atom stereocenters. The van der Waals surface area contributed by atoms with Crippen LogP contribution in [0.2, 0.25) is 0 Å². The smallest absolute Gasteiger partial charge is 0.178 e. The quantitative estimate of drug-likeness (QED) is 0.0706. The molecule has 0 aliphatic rings. The van der Waals surface area contributed by atoms with Gasteiger partial charge in [-0.2, -0.15) is 10.2 Å². The normalized spacial score (nSPS) is 11.9. The fourth-order valence-corrected chi connectivity index (χ4v) is 5.51. The molecule has 0 aliphatic carbocycles. The van der Waals surface area contributed by atoms with Crippen LogP contribution in [-0.4, -0.2) is 140 Å². The molecule has 14 nitrogen and oxygen atoms in total. The highest BCUT2D eigenvalue weighted by atomic mass is 32.2. The van der Waals surface area contributed by atoms with Crippen molar-refractivity contribution < 1.29 is 51.1 Å². The standard InChI is InChI=1S/C37H59N3O11S/c1-32(2)37(41)14-16-45-18-20-47-22-24-49-26-28-51-30-29-50-27-25-48-23-21-46-19-17-44-15-5-31-52(42,43)36-12-8-34(9-13-36)39-38-33-6-10-35(11-7-33)40(3)4/h6-13,32H,5,14-31H2,1-4H3. The average Bonchev–Trinajstić information content (AvgIpc) is 3.13. The Bertz CT molecular complexity index is 1330. The topological polar surface area (TPSA) is 153 Å². The maximum Gasteiger partial charge on any atom is 0.178 e. The number of hydrogen-bond donors (Lipinski definition) is 0. The summed E-state index contributed by atoms with van der Waals surface area (Å²) in [5.74, 6) is 0.248. The first-order valence-electron chi connectivity index (χ1n) is 17.9. The van der Waals surface area contributed by atoms with E-state index in [2.05, 4.69) is 10.2 Å². The number of hydrogen-bond acceptors (Lipinski definition) is 14. The van der Waals surface area contributed by atoms with Gasteiger partial charge in [0.05, 0.1) is 121 Å². The highest BCUT2D eigenvalue weighted by Gasteiger charge is 2.14. The molecule has 2 rings (SSSR count). The SMILES string of the molecule is CC(C)C(=O)CCOCCOCCOCCOCCOCCOCCOCCOCCCS(=O)(=O)c1ccc(N=Nc2ccc(N(C)C)cc2)cc1.